The Bertz CT molecular complexity index is 6850. The van der Waals surface area contributed by atoms with E-state index in [0.717, 1.165) is 92.8 Å². The Morgan fingerprint density at radius 1 is 0.519 bits per heavy atom. The zero-order chi connectivity index (χ0) is 93.0. The molecule has 0 aliphatic heterocycles. The van der Waals surface area contributed by atoms with Crippen LogP contribution < -0.4 is 0 Å². The van der Waals surface area contributed by atoms with Gasteiger partial charge in [-0.25, -0.2) is 80.7 Å². The molecular formula is C89H85F11N18O8S5. The Morgan fingerprint density at radius 2 is 0.947 bits per heavy atom. The number of thiazole rings is 2. The molecule has 19 rings (SSSR count). The van der Waals surface area contributed by atoms with Gasteiger partial charge in [0, 0.05) is 80.7 Å². The molecule has 0 N–H and O–H groups in total. The van der Waals surface area contributed by atoms with Gasteiger partial charge in [-0.3, -0.25) is 24.0 Å². The molecule has 42 heteroatoms. The van der Waals surface area contributed by atoms with E-state index in [4.69, 9.17) is 0 Å². The van der Waals surface area contributed by atoms with Crippen molar-refractivity contribution < 1.29 is 83.7 Å². The number of Topliss-reactive ketones (excluding diaryl/α,β-unsaturated/α-hetero) is 3. The largest absolute Gasteiger partial charge is 0.427 e. The number of rotatable bonds is 23. The average Bonchev–Trinajstić information content (AvgIpc) is 1.70. The average molecular weight is 1900 g/mol. The standard InChI is InChI=1S/C31H29F5N6O3S.C30H28F4N6O2S2.C28H28F2N6O3S2/c1-3-41(46(44,45)26-17-38-40(18-26)19(2)32)25-7-4-21-13-28-20(16-39-42(28)24-8-5-23(33)6-9-24)14-30(21,15-25)29(43)27-12-22(10-11-37-27)31(34,35)36;1-38-12-11-26(37-38)44(2,42)40(22-9-10-22)23-6-3-19-13-24-18(16-36-39(24)21-7-4-20(31)5-8-21)14-29(19,15-23)27(41)28-35-17-25(43-28)30(32,33)34;1-3-35(41(38,39)24-16-32-34(17-24)18(2)29)23-7-4-20-12-25-19(15-33-36(25)22-8-5-21(30)6-9-22)13-28(20,14-23)26(37)27-31-10-11-40-27/h5-6,8-13,16-19,25H,3-4,7,14-15H2,1-2H3;4-5,7-8,11-13,16-17,22-23H,2-3,6,9-10,14-15H2,1H3;5-6,8-12,15-18,23H,3-4,7,13-14H2,1-2H3/t19?,25-,30-;23-,29-,44?;18?,23-,28-/m000/s1. The number of alkyl halides is 8. The van der Waals surface area contributed by atoms with Gasteiger partial charge in [-0.15, -0.1) is 22.7 Å². The number of nitrogens with zero attached hydrogens (tertiary/aromatic N) is 18. The fraction of sp³-hybridized carbons (Fsp3) is 0.360. The summed E-state index contributed by atoms with van der Waals surface area (Å²) in [6.07, 6.45) is 12.9. The summed E-state index contributed by atoms with van der Waals surface area (Å²) in [7, 11) is -9.49. The second-order valence-electron chi connectivity index (χ2n) is 33.5. The van der Waals surface area contributed by atoms with Gasteiger partial charge in [-0.05, 0) is 236 Å². The van der Waals surface area contributed by atoms with Gasteiger partial charge in [0.15, 0.2) is 33.4 Å². The molecule has 4 fully saturated rings. The Morgan fingerprint density at radius 3 is 1.32 bits per heavy atom. The summed E-state index contributed by atoms with van der Waals surface area (Å²) in [6.45, 7) is 6.08. The third kappa shape index (κ3) is 17.1. The molecule has 4 saturated carbocycles. The van der Waals surface area contributed by atoms with Crippen LogP contribution in [0.2, 0.25) is 0 Å². The van der Waals surface area contributed by atoms with E-state index in [1.807, 2.05) is 16.5 Å². The molecule has 3 unspecified atom stereocenters. The van der Waals surface area contributed by atoms with Crippen LogP contribution in [0.5, 0.6) is 0 Å². The van der Waals surface area contributed by atoms with E-state index in [-0.39, 0.29) is 102 Å². The number of allylic oxidation sites excluding steroid dienone is 3. The number of benzene rings is 3. The minimum atomic E-state index is -4.71. The third-order valence-electron chi connectivity index (χ3n) is 25.5. The van der Waals surface area contributed by atoms with Crippen molar-refractivity contribution in [3.05, 3.63) is 259 Å². The van der Waals surface area contributed by atoms with Crippen LogP contribution in [0.15, 0.2) is 196 Å². The first-order valence-electron chi connectivity index (χ1n) is 42.0. The van der Waals surface area contributed by atoms with Crippen molar-refractivity contribution >= 4 is 93.9 Å². The molecule has 0 radical (unpaired) electrons. The Kier molecular flexibility index (Phi) is 24.4. The molecule has 12 aromatic rings. The monoisotopic (exact) mass is 1900 g/mol. The van der Waals surface area contributed by atoms with Crippen molar-refractivity contribution in [3.63, 3.8) is 0 Å². The van der Waals surface area contributed by atoms with Gasteiger partial charge in [-0.2, -0.15) is 65.5 Å². The second kappa shape index (κ2) is 35.0. The number of aromatic nitrogens is 15. The van der Waals surface area contributed by atoms with Gasteiger partial charge in [0.2, 0.25) is 31.6 Å². The van der Waals surface area contributed by atoms with Crippen LogP contribution in [0.1, 0.15) is 185 Å². The summed E-state index contributed by atoms with van der Waals surface area (Å²) in [4.78, 5) is 54.1. The van der Waals surface area contributed by atoms with E-state index in [9.17, 15) is 83.7 Å². The van der Waals surface area contributed by atoms with Crippen LogP contribution in [-0.4, -0.2) is 168 Å². The highest BCUT2D eigenvalue weighted by Gasteiger charge is 2.57. The molecule has 686 valence electrons. The number of pyridine rings is 1. The molecule has 0 bridgehead atoms. The highest BCUT2D eigenvalue weighted by Crippen LogP contribution is 2.57. The molecule has 131 heavy (non-hydrogen) atoms. The van der Waals surface area contributed by atoms with Crippen LogP contribution in [0.3, 0.4) is 0 Å². The minimum absolute atomic E-state index is 0.00163. The van der Waals surface area contributed by atoms with Crippen LogP contribution in [0, 0.1) is 33.7 Å². The molecule has 9 heterocycles. The lowest BCUT2D eigenvalue weighted by atomic mass is 9.60. The predicted octanol–water partition coefficient (Wildman–Crippen LogP) is 17.1. The zero-order valence-corrected chi connectivity index (χ0v) is 74.9. The van der Waals surface area contributed by atoms with E-state index < -0.39 is 111 Å². The van der Waals surface area contributed by atoms with Gasteiger partial charge < -0.3 is 0 Å². The van der Waals surface area contributed by atoms with E-state index in [1.165, 1.54) is 76.4 Å². The van der Waals surface area contributed by atoms with Gasteiger partial charge >= 0.3 is 12.4 Å². The van der Waals surface area contributed by atoms with Crippen LogP contribution in [-0.2, 0) is 68.4 Å². The van der Waals surface area contributed by atoms with Gasteiger partial charge in [0.1, 0.15) is 37.8 Å². The maximum atomic E-state index is 14.5. The number of hydrogen-bond donors (Lipinski definition) is 0. The van der Waals surface area contributed by atoms with E-state index in [0.29, 0.717) is 100.0 Å². The summed E-state index contributed by atoms with van der Waals surface area (Å²) < 4.78 is 233. The number of aryl methyl sites for hydroxylation is 1. The lowest BCUT2D eigenvalue weighted by Gasteiger charge is -2.47. The van der Waals surface area contributed by atoms with Crippen LogP contribution >= 0.6 is 22.7 Å². The first-order chi connectivity index (χ1) is 62.2. The minimum Gasteiger partial charge on any atom is -0.291 e. The number of halogens is 11. The molecule has 0 spiro atoms. The summed E-state index contributed by atoms with van der Waals surface area (Å²) >= 11 is 1.61. The third-order valence-corrected chi connectivity index (χ3v) is 33.4. The molecule has 0 saturated heterocycles. The highest BCUT2D eigenvalue weighted by atomic mass is 32.2. The number of sulfonamides is 2. The summed E-state index contributed by atoms with van der Waals surface area (Å²) in [6, 6.07) is 19.2. The lowest BCUT2D eigenvalue weighted by Crippen LogP contribution is -2.51. The molecule has 0 amide bonds. The van der Waals surface area contributed by atoms with Crippen LogP contribution in [0.4, 0.5) is 48.3 Å². The molecule has 3 aromatic carbocycles. The quantitative estimate of drug-likeness (QED) is 0.0326. The van der Waals surface area contributed by atoms with Crippen molar-refractivity contribution in [2.75, 3.05) is 13.1 Å². The molecule has 9 atom stereocenters. The predicted molar refractivity (Wildman–Crippen MR) is 464 cm³/mol. The Balaban J connectivity index is 0.000000138. The summed E-state index contributed by atoms with van der Waals surface area (Å²) in [5.41, 5.74) is 3.46. The van der Waals surface area contributed by atoms with Crippen molar-refractivity contribution in [1.82, 2.24) is 86.6 Å². The van der Waals surface area contributed by atoms with Crippen molar-refractivity contribution in [1.29, 1.82) is 0 Å². The van der Waals surface area contributed by atoms with E-state index in [1.54, 1.807) is 125 Å². The number of ketones is 3. The topological polar surface area (TPSA) is 292 Å². The summed E-state index contributed by atoms with van der Waals surface area (Å²) in [5.74, 6) is 1.68. The van der Waals surface area contributed by atoms with Crippen molar-refractivity contribution in [2.24, 2.45) is 23.3 Å². The number of carbonyl (C=O) groups is 3. The fourth-order valence-electron chi connectivity index (χ4n) is 19.2. The number of fused-ring (bicyclic) bond motifs is 6. The molecule has 7 aliphatic carbocycles. The second-order valence-corrected chi connectivity index (χ2v) is 41.3. The maximum Gasteiger partial charge on any atom is 0.427 e. The molecule has 7 aliphatic rings. The summed E-state index contributed by atoms with van der Waals surface area (Å²) in [5, 5.41) is 27.9. The first-order valence-corrected chi connectivity index (χ1v) is 48.3. The lowest BCUT2D eigenvalue weighted by molar-refractivity contribution is -0.137. The molecular weight excluding hydrogens is 1820 g/mol. The molecule has 9 aromatic heterocycles. The van der Waals surface area contributed by atoms with Crippen LogP contribution in [0.25, 0.3) is 35.3 Å². The Hall–Kier alpha value is -11.4. The maximum absolute atomic E-state index is 14.5. The fourth-order valence-corrected chi connectivity index (χ4v) is 26.0. The van der Waals surface area contributed by atoms with Crippen molar-refractivity contribution in [2.45, 2.75) is 182 Å². The van der Waals surface area contributed by atoms with Crippen molar-refractivity contribution in [3.8, 4) is 17.1 Å². The molecule has 26 nitrogen and oxygen atoms in total. The highest BCUT2D eigenvalue weighted by molar-refractivity contribution is 7.98. The van der Waals surface area contributed by atoms with Gasteiger partial charge in [-0.1, -0.05) is 30.6 Å². The Labute approximate surface area is 753 Å². The normalized spacial score (nSPS) is 21.7. The van der Waals surface area contributed by atoms with Gasteiger partial charge in [0.05, 0.1) is 103 Å². The number of carbonyl (C=O) groups excluding carboxylic acids is 3. The zero-order valence-electron chi connectivity index (χ0n) is 70.8. The van der Waals surface area contributed by atoms with E-state index >= 15 is 0 Å². The van der Waals surface area contributed by atoms with E-state index in [2.05, 4.69) is 51.4 Å². The smallest absolute Gasteiger partial charge is 0.291 e. The van der Waals surface area contributed by atoms with Gasteiger partial charge in [0.25, 0.3) is 0 Å². The SMILES string of the molecule is C=S(=O)(c1ccn(C)n1)N(C1CC1)[C@H]1CCC2=Cc3c(cnn3-c3ccc(F)cc3)C[C@]2(C(=O)c2ncc(C(F)(F)F)s2)C1.CCN([C@H]1CCC2=Cc3c(cnn3-c3ccc(F)cc3)C[C@]2(C(=O)c2cc(C(F)(F)F)ccn2)C1)S(=O)(=O)c1cnn(C(C)F)c1.CCN([C@H]1CCC2=Cc3c(cnn3-c3ccc(F)cc3)C[C@]2(C(=O)c2nccs2)C1)S(=O)(=O)c1cnn(C(C)F)c1. The number of hydrogen-bond acceptors (Lipinski definition) is 19. The first kappa shape index (κ1) is 91.5.